The number of ether oxygens (including phenoxy) is 1. The van der Waals surface area contributed by atoms with E-state index in [0.717, 1.165) is 6.07 Å². The van der Waals surface area contributed by atoms with Crippen molar-refractivity contribution in [2.75, 3.05) is 6.61 Å². The Hall–Kier alpha value is -0.860. The van der Waals surface area contributed by atoms with Crippen molar-refractivity contribution < 1.29 is 22.7 Å². The fourth-order valence-electron chi connectivity index (χ4n) is 1.18. The van der Waals surface area contributed by atoms with Crippen LogP contribution in [0.5, 0.6) is 0 Å². The Morgan fingerprint density at radius 3 is 2.76 bits per heavy atom. The van der Waals surface area contributed by atoms with Gasteiger partial charge in [-0.15, -0.1) is 0 Å². The molecule has 3 nitrogen and oxygen atoms in total. The van der Waals surface area contributed by atoms with Gasteiger partial charge in [0.15, 0.2) is 0 Å². The summed E-state index contributed by atoms with van der Waals surface area (Å²) in [4.78, 5) is 14.5. The van der Waals surface area contributed by atoms with E-state index in [0.29, 0.717) is 0 Å². The molecule has 0 unspecified atom stereocenters. The lowest BCUT2D eigenvalue weighted by Crippen LogP contribution is -2.11. The predicted octanol–water partition coefficient (Wildman–Crippen LogP) is 2.87. The van der Waals surface area contributed by atoms with Gasteiger partial charge >= 0.3 is 5.97 Å². The van der Waals surface area contributed by atoms with E-state index in [1.807, 2.05) is 0 Å². The van der Waals surface area contributed by atoms with Crippen LogP contribution in [0.1, 0.15) is 24.6 Å². The molecule has 94 valence electrons. The molecule has 0 radical (unpaired) electrons. The minimum Gasteiger partial charge on any atom is -0.466 e. The van der Waals surface area contributed by atoms with Gasteiger partial charge in [0.1, 0.15) is 0 Å². The monoisotopic (exact) mass is 359 g/mol. The number of carbonyl (C=O) groups is 1. The Balaban J connectivity index is 2.98. The zero-order chi connectivity index (χ0) is 13.0. The lowest BCUT2D eigenvalue weighted by molar-refractivity contribution is -0.142. The number of carbonyl (C=O) groups excluding carboxylic acids is 1. The summed E-state index contributed by atoms with van der Waals surface area (Å²) in [7, 11) is 0. The molecule has 7 heteroatoms. The van der Waals surface area contributed by atoms with Crippen LogP contribution < -0.4 is 0 Å². The highest BCUT2D eigenvalue weighted by molar-refractivity contribution is 14.1. The molecule has 0 aliphatic carbocycles. The van der Waals surface area contributed by atoms with Gasteiger partial charge in [0.2, 0.25) is 5.95 Å². The molecule has 0 saturated heterocycles. The molecule has 1 aromatic heterocycles. The van der Waals surface area contributed by atoms with Crippen LogP contribution in [-0.2, 0) is 16.0 Å². The molecule has 0 amide bonds. The van der Waals surface area contributed by atoms with Crippen LogP contribution in [0.25, 0.3) is 0 Å². The molecule has 0 bridgehead atoms. The van der Waals surface area contributed by atoms with Gasteiger partial charge < -0.3 is 4.74 Å². The van der Waals surface area contributed by atoms with Gasteiger partial charge in [-0.1, -0.05) is 0 Å². The van der Waals surface area contributed by atoms with E-state index in [-0.39, 0.29) is 22.3 Å². The third kappa shape index (κ3) is 3.83. The van der Waals surface area contributed by atoms with Crippen LogP contribution in [0.4, 0.5) is 13.2 Å². The number of aromatic nitrogens is 1. The number of alkyl halides is 2. The molecule has 0 aromatic carbocycles. The number of rotatable bonds is 4. The van der Waals surface area contributed by atoms with E-state index in [2.05, 4.69) is 9.72 Å². The number of hydrogen-bond donors (Lipinski definition) is 0. The molecule has 0 saturated carbocycles. The lowest BCUT2D eigenvalue weighted by Gasteiger charge is -2.07. The number of halogens is 4. The van der Waals surface area contributed by atoms with Crippen molar-refractivity contribution in [1.29, 1.82) is 0 Å². The molecule has 0 aliphatic heterocycles. The molecule has 0 N–H and O–H groups in total. The first kappa shape index (κ1) is 14.2. The van der Waals surface area contributed by atoms with Crippen LogP contribution in [0.2, 0.25) is 0 Å². The molecule has 0 spiro atoms. The molecular formula is C10H9F3INO2. The average molecular weight is 359 g/mol. The van der Waals surface area contributed by atoms with Gasteiger partial charge in [0, 0.05) is 5.56 Å². The SMILES string of the molecule is CCOC(=O)Cc1cc(C(F)F)c(I)c(F)n1. The third-order valence-electron chi connectivity index (χ3n) is 1.86. The summed E-state index contributed by atoms with van der Waals surface area (Å²) in [6.07, 6.45) is -3.12. The van der Waals surface area contributed by atoms with Crippen molar-refractivity contribution in [2.24, 2.45) is 0 Å². The summed E-state index contributed by atoms with van der Waals surface area (Å²) in [6.45, 7) is 1.79. The standard InChI is InChI=1S/C10H9F3INO2/c1-2-17-7(16)4-5-3-6(9(11)12)8(14)10(13)15-5/h3,9H,2,4H2,1H3. The molecule has 0 aliphatic rings. The second kappa shape index (κ2) is 6.18. The summed E-state index contributed by atoms with van der Waals surface area (Å²) in [5.41, 5.74) is -0.519. The Labute approximate surface area is 110 Å². The number of esters is 1. The van der Waals surface area contributed by atoms with Crippen LogP contribution in [-0.4, -0.2) is 17.6 Å². The largest absolute Gasteiger partial charge is 0.466 e. The van der Waals surface area contributed by atoms with Gasteiger partial charge in [-0.05, 0) is 35.6 Å². The van der Waals surface area contributed by atoms with Crippen LogP contribution in [0.15, 0.2) is 6.07 Å². The smallest absolute Gasteiger partial charge is 0.311 e. The fraction of sp³-hybridized carbons (Fsp3) is 0.400. The highest BCUT2D eigenvalue weighted by atomic mass is 127. The van der Waals surface area contributed by atoms with Gasteiger partial charge in [-0.2, -0.15) is 4.39 Å². The second-order valence-electron chi connectivity index (χ2n) is 3.09. The highest BCUT2D eigenvalue weighted by Gasteiger charge is 2.18. The molecule has 0 atom stereocenters. The van der Waals surface area contributed by atoms with Crippen LogP contribution in [0, 0.1) is 9.52 Å². The molecule has 1 rings (SSSR count). The average Bonchev–Trinajstić information content (AvgIpc) is 2.23. The van der Waals surface area contributed by atoms with Crippen molar-refractivity contribution in [3.05, 3.63) is 26.8 Å². The maximum absolute atomic E-state index is 13.2. The number of pyridine rings is 1. The van der Waals surface area contributed by atoms with Gasteiger partial charge in [-0.25, -0.2) is 13.8 Å². The summed E-state index contributed by atoms with van der Waals surface area (Å²) >= 11 is 1.45. The van der Waals surface area contributed by atoms with Crippen molar-refractivity contribution in [3.8, 4) is 0 Å². The lowest BCUT2D eigenvalue weighted by atomic mass is 10.2. The highest BCUT2D eigenvalue weighted by Crippen LogP contribution is 2.26. The summed E-state index contributed by atoms with van der Waals surface area (Å²) in [6, 6.07) is 1.02. The number of hydrogen-bond acceptors (Lipinski definition) is 3. The summed E-state index contributed by atoms with van der Waals surface area (Å²) < 4.78 is 42.7. The zero-order valence-corrected chi connectivity index (χ0v) is 11.0. The van der Waals surface area contributed by atoms with Crippen LogP contribution >= 0.6 is 22.6 Å². The Bertz CT molecular complexity index is 426. The molecule has 17 heavy (non-hydrogen) atoms. The second-order valence-corrected chi connectivity index (χ2v) is 4.17. The van der Waals surface area contributed by atoms with E-state index in [1.54, 1.807) is 6.92 Å². The minimum atomic E-state index is -2.81. The predicted molar refractivity (Wildman–Crippen MR) is 62.2 cm³/mol. The molecule has 1 aromatic rings. The topological polar surface area (TPSA) is 39.2 Å². The Morgan fingerprint density at radius 2 is 2.24 bits per heavy atom. The molecule has 1 heterocycles. The molecular weight excluding hydrogens is 350 g/mol. The van der Waals surface area contributed by atoms with E-state index < -0.39 is 23.9 Å². The quantitative estimate of drug-likeness (QED) is 0.472. The van der Waals surface area contributed by atoms with E-state index in [9.17, 15) is 18.0 Å². The maximum Gasteiger partial charge on any atom is 0.311 e. The van der Waals surface area contributed by atoms with Crippen molar-refractivity contribution in [3.63, 3.8) is 0 Å². The van der Waals surface area contributed by atoms with Gasteiger partial charge in [0.25, 0.3) is 6.43 Å². The third-order valence-corrected chi connectivity index (χ3v) is 2.93. The fourth-order valence-corrected chi connectivity index (χ4v) is 1.69. The van der Waals surface area contributed by atoms with Crippen molar-refractivity contribution >= 4 is 28.6 Å². The van der Waals surface area contributed by atoms with Crippen molar-refractivity contribution in [2.45, 2.75) is 19.8 Å². The van der Waals surface area contributed by atoms with E-state index >= 15 is 0 Å². The van der Waals surface area contributed by atoms with Gasteiger partial charge in [0.05, 0.1) is 22.3 Å². The summed E-state index contributed by atoms with van der Waals surface area (Å²) in [5, 5.41) is 0. The minimum absolute atomic E-state index is 0.0586. The normalized spacial score (nSPS) is 10.7. The Morgan fingerprint density at radius 1 is 1.59 bits per heavy atom. The first-order valence-electron chi connectivity index (χ1n) is 4.74. The number of nitrogens with zero attached hydrogens (tertiary/aromatic N) is 1. The van der Waals surface area contributed by atoms with Crippen molar-refractivity contribution in [1.82, 2.24) is 4.98 Å². The van der Waals surface area contributed by atoms with Crippen LogP contribution in [0.3, 0.4) is 0 Å². The first-order chi connectivity index (χ1) is 7.95. The first-order valence-corrected chi connectivity index (χ1v) is 5.82. The van der Waals surface area contributed by atoms with E-state index in [4.69, 9.17) is 0 Å². The summed E-state index contributed by atoms with van der Waals surface area (Å²) in [5.74, 6) is -1.62. The molecule has 0 fully saturated rings. The van der Waals surface area contributed by atoms with Gasteiger partial charge in [-0.3, -0.25) is 4.79 Å². The maximum atomic E-state index is 13.2. The zero-order valence-electron chi connectivity index (χ0n) is 8.84. The Kier molecular flexibility index (Phi) is 5.16. The van der Waals surface area contributed by atoms with E-state index in [1.165, 1.54) is 22.6 Å².